The molecular weight excluding hydrogens is 200 g/mol. The average Bonchev–Trinajstić information content (AvgIpc) is 2.01. The highest BCUT2D eigenvalue weighted by Crippen LogP contribution is 2.19. The molecule has 1 saturated heterocycles. The Morgan fingerprint density at radius 3 is 2.00 bits per heavy atom. The van der Waals surface area contributed by atoms with Crippen LogP contribution in [0.4, 0.5) is 0 Å². The molecule has 0 saturated carbocycles. The predicted octanol–water partition coefficient (Wildman–Crippen LogP) is 0.740. The van der Waals surface area contributed by atoms with E-state index >= 15 is 0 Å². The Labute approximate surface area is 85.7 Å². The maximum Gasteiger partial charge on any atom is 0.153 e. The van der Waals surface area contributed by atoms with E-state index in [1.165, 1.54) is 0 Å². The maximum absolute atomic E-state index is 11.2. The van der Waals surface area contributed by atoms with Crippen molar-refractivity contribution < 1.29 is 8.42 Å². The van der Waals surface area contributed by atoms with E-state index in [9.17, 15) is 8.42 Å². The summed E-state index contributed by atoms with van der Waals surface area (Å²) in [4.78, 5) is 1.86. The van der Waals surface area contributed by atoms with Gasteiger partial charge in [0.25, 0.3) is 0 Å². The van der Waals surface area contributed by atoms with Crippen LogP contribution in [0.1, 0.15) is 20.8 Å². The first-order valence-electron chi connectivity index (χ1n) is 4.77. The molecule has 0 unspecified atom stereocenters. The first-order chi connectivity index (χ1) is 6.22. The van der Waals surface area contributed by atoms with E-state index in [0.29, 0.717) is 18.9 Å². The molecule has 1 heterocycles. The Bertz CT molecular complexity index is 313. The SMILES string of the molecule is CC(C)(C)C(=N)N1CCS(=O)(=O)CC1. The van der Waals surface area contributed by atoms with E-state index in [0.717, 1.165) is 0 Å². The molecule has 5 heteroatoms. The summed E-state index contributed by atoms with van der Waals surface area (Å²) in [6.07, 6.45) is 0. The van der Waals surface area contributed by atoms with Crippen molar-refractivity contribution in [1.82, 2.24) is 4.90 Å². The van der Waals surface area contributed by atoms with Gasteiger partial charge in [0.1, 0.15) is 5.84 Å². The highest BCUT2D eigenvalue weighted by Gasteiger charge is 2.28. The van der Waals surface area contributed by atoms with Crippen molar-refractivity contribution in [3.05, 3.63) is 0 Å². The minimum absolute atomic E-state index is 0.186. The van der Waals surface area contributed by atoms with Crippen LogP contribution in [0.3, 0.4) is 0 Å². The smallest absolute Gasteiger partial charge is 0.153 e. The minimum atomic E-state index is -2.83. The normalized spacial score (nSPS) is 22.1. The van der Waals surface area contributed by atoms with Crippen LogP contribution in [0, 0.1) is 10.8 Å². The summed E-state index contributed by atoms with van der Waals surface area (Å²) < 4.78 is 22.3. The molecule has 82 valence electrons. The number of rotatable bonds is 0. The van der Waals surface area contributed by atoms with E-state index in [2.05, 4.69) is 0 Å². The topological polar surface area (TPSA) is 61.2 Å². The first-order valence-corrected chi connectivity index (χ1v) is 6.59. The summed E-state index contributed by atoms with van der Waals surface area (Å²) >= 11 is 0. The molecule has 1 fully saturated rings. The molecule has 0 aromatic heterocycles. The van der Waals surface area contributed by atoms with Crippen LogP contribution >= 0.6 is 0 Å². The summed E-state index contributed by atoms with van der Waals surface area (Å²) in [6.45, 7) is 6.85. The lowest BCUT2D eigenvalue weighted by Crippen LogP contribution is -2.47. The standard InChI is InChI=1S/C9H18N2O2S/c1-9(2,3)8(10)11-4-6-14(12,13)7-5-11/h10H,4-7H2,1-3H3. The molecule has 0 spiro atoms. The molecule has 0 radical (unpaired) electrons. The molecule has 1 rings (SSSR count). The Kier molecular flexibility index (Phi) is 2.90. The number of nitrogens with zero attached hydrogens (tertiary/aromatic N) is 1. The predicted molar refractivity (Wildman–Crippen MR) is 57.4 cm³/mol. The summed E-state index contributed by atoms with van der Waals surface area (Å²) in [5.74, 6) is 0.907. The zero-order chi connectivity index (χ0) is 11.0. The second kappa shape index (κ2) is 3.53. The van der Waals surface area contributed by atoms with Gasteiger partial charge in [-0.25, -0.2) is 8.42 Å². The number of hydrogen-bond donors (Lipinski definition) is 1. The van der Waals surface area contributed by atoms with Crippen molar-refractivity contribution >= 4 is 15.7 Å². The van der Waals surface area contributed by atoms with E-state index in [1.54, 1.807) is 0 Å². The number of amidine groups is 1. The van der Waals surface area contributed by atoms with Gasteiger partial charge in [0, 0.05) is 18.5 Å². The van der Waals surface area contributed by atoms with Crippen LogP contribution in [-0.2, 0) is 9.84 Å². The van der Waals surface area contributed by atoms with Crippen molar-refractivity contribution in [2.24, 2.45) is 5.41 Å². The Balaban J connectivity index is 2.63. The highest BCUT2D eigenvalue weighted by atomic mass is 32.2. The van der Waals surface area contributed by atoms with E-state index in [-0.39, 0.29) is 16.9 Å². The van der Waals surface area contributed by atoms with Crippen LogP contribution < -0.4 is 0 Å². The van der Waals surface area contributed by atoms with Gasteiger partial charge in [-0.05, 0) is 0 Å². The van der Waals surface area contributed by atoms with Gasteiger partial charge in [0.05, 0.1) is 11.5 Å². The van der Waals surface area contributed by atoms with Gasteiger partial charge in [0.2, 0.25) is 0 Å². The molecule has 0 aliphatic carbocycles. The van der Waals surface area contributed by atoms with E-state index in [4.69, 9.17) is 5.41 Å². The quantitative estimate of drug-likeness (QED) is 0.482. The molecule has 14 heavy (non-hydrogen) atoms. The van der Waals surface area contributed by atoms with Gasteiger partial charge in [-0.3, -0.25) is 5.41 Å². The van der Waals surface area contributed by atoms with Crippen molar-refractivity contribution in [3.8, 4) is 0 Å². The fourth-order valence-corrected chi connectivity index (χ4v) is 2.61. The molecule has 0 aromatic rings. The lowest BCUT2D eigenvalue weighted by Gasteiger charge is -2.34. The zero-order valence-corrected chi connectivity index (χ0v) is 9.82. The molecule has 0 aromatic carbocycles. The first kappa shape index (κ1) is 11.5. The average molecular weight is 218 g/mol. The van der Waals surface area contributed by atoms with E-state index in [1.807, 2.05) is 25.7 Å². The van der Waals surface area contributed by atoms with Crippen molar-refractivity contribution in [3.63, 3.8) is 0 Å². The monoisotopic (exact) mass is 218 g/mol. The second-order valence-corrected chi connectivity index (χ2v) is 7.04. The minimum Gasteiger partial charge on any atom is -0.358 e. The van der Waals surface area contributed by atoms with E-state index < -0.39 is 9.84 Å². The highest BCUT2D eigenvalue weighted by molar-refractivity contribution is 7.91. The lowest BCUT2D eigenvalue weighted by molar-refractivity contribution is 0.385. The summed E-state index contributed by atoms with van der Waals surface area (Å²) in [6, 6.07) is 0. The van der Waals surface area contributed by atoms with Gasteiger partial charge in [0.15, 0.2) is 9.84 Å². The van der Waals surface area contributed by atoms with Gasteiger partial charge in [-0.15, -0.1) is 0 Å². The largest absolute Gasteiger partial charge is 0.358 e. The van der Waals surface area contributed by atoms with Gasteiger partial charge in [-0.2, -0.15) is 0 Å². The molecule has 1 aliphatic rings. The van der Waals surface area contributed by atoms with Crippen LogP contribution in [0.5, 0.6) is 0 Å². The van der Waals surface area contributed by atoms with Gasteiger partial charge < -0.3 is 4.90 Å². The fourth-order valence-electron chi connectivity index (χ4n) is 1.41. The molecule has 0 atom stereocenters. The van der Waals surface area contributed by atoms with Crippen LogP contribution in [-0.4, -0.2) is 43.7 Å². The number of hydrogen-bond acceptors (Lipinski definition) is 3. The molecule has 1 N–H and O–H groups in total. The molecule has 1 aliphatic heterocycles. The van der Waals surface area contributed by atoms with Gasteiger partial charge in [-0.1, -0.05) is 20.8 Å². The molecular formula is C9H18N2O2S. The zero-order valence-electron chi connectivity index (χ0n) is 9.00. The molecule has 4 nitrogen and oxygen atoms in total. The Morgan fingerprint density at radius 1 is 1.21 bits per heavy atom. The van der Waals surface area contributed by atoms with Crippen LogP contribution in [0.2, 0.25) is 0 Å². The summed E-state index contributed by atoms with van der Waals surface area (Å²) in [5, 5.41) is 7.90. The fraction of sp³-hybridized carbons (Fsp3) is 0.889. The third-order valence-corrected chi connectivity index (χ3v) is 3.98. The number of nitrogens with one attached hydrogen (secondary N) is 1. The summed E-state index contributed by atoms with van der Waals surface area (Å²) in [7, 11) is -2.83. The maximum atomic E-state index is 11.2. The Hall–Kier alpha value is -0.580. The van der Waals surface area contributed by atoms with Crippen molar-refractivity contribution in [2.75, 3.05) is 24.6 Å². The third kappa shape index (κ3) is 2.70. The number of sulfone groups is 1. The van der Waals surface area contributed by atoms with Gasteiger partial charge >= 0.3 is 0 Å². The Morgan fingerprint density at radius 2 is 1.64 bits per heavy atom. The summed E-state index contributed by atoms with van der Waals surface area (Å²) in [5.41, 5.74) is -0.193. The van der Waals surface area contributed by atoms with Crippen LogP contribution in [0.25, 0.3) is 0 Å². The van der Waals surface area contributed by atoms with Crippen molar-refractivity contribution in [2.45, 2.75) is 20.8 Å². The molecule has 0 amide bonds. The lowest BCUT2D eigenvalue weighted by atomic mass is 9.94. The van der Waals surface area contributed by atoms with Crippen molar-refractivity contribution in [1.29, 1.82) is 5.41 Å². The van der Waals surface area contributed by atoms with Crippen LogP contribution in [0.15, 0.2) is 0 Å². The molecule has 0 bridgehead atoms. The third-order valence-electron chi connectivity index (χ3n) is 2.37. The second-order valence-electron chi connectivity index (χ2n) is 4.74.